The van der Waals surface area contributed by atoms with Crippen LogP contribution in [-0.2, 0) is 0 Å². The number of nitrogens with zero attached hydrogens (tertiary/aromatic N) is 4. The fraction of sp³-hybridized carbons (Fsp3) is 0.250. The van der Waals surface area contributed by atoms with Gasteiger partial charge in [-0.1, -0.05) is 25.4 Å². The van der Waals surface area contributed by atoms with Crippen molar-refractivity contribution < 1.29 is 9.50 Å². The first-order chi connectivity index (χ1) is 11.3. The van der Waals surface area contributed by atoms with Crippen molar-refractivity contribution in [2.24, 2.45) is 0 Å². The number of aromatic nitrogens is 4. The van der Waals surface area contributed by atoms with Gasteiger partial charge in [-0.15, -0.1) is 0 Å². The van der Waals surface area contributed by atoms with Gasteiger partial charge in [0.05, 0.1) is 22.5 Å². The van der Waals surface area contributed by atoms with E-state index in [1.54, 1.807) is 6.92 Å². The summed E-state index contributed by atoms with van der Waals surface area (Å²) in [5.41, 5.74) is 1.17. The number of halogens is 2. The van der Waals surface area contributed by atoms with Crippen molar-refractivity contribution in [1.29, 1.82) is 0 Å². The number of aromatic hydroxyl groups is 1. The Hall–Kier alpha value is -2.54. The van der Waals surface area contributed by atoms with Gasteiger partial charge in [-0.25, -0.2) is 19.3 Å². The van der Waals surface area contributed by atoms with Crippen molar-refractivity contribution in [1.82, 2.24) is 19.5 Å². The molecule has 3 aromatic heterocycles. The highest BCUT2D eigenvalue weighted by Crippen LogP contribution is 2.29. The first-order valence-corrected chi connectivity index (χ1v) is 7.61. The number of aryl methyl sites for hydroxylation is 1. The van der Waals surface area contributed by atoms with Gasteiger partial charge in [0.1, 0.15) is 12.1 Å². The smallest absolute Gasteiger partial charge is 0.260 e. The molecule has 1 N–H and O–H groups in total. The van der Waals surface area contributed by atoms with Crippen LogP contribution < -0.4 is 5.56 Å². The van der Waals surface area contributed by atoms with Gasteiger partial charge in [0, 0.05) is 6.07 Å². The Kier molecular flexibility index (Phi) is 3.96. The van der Waals surface area contributed by atoms with E-state index in [9.17, 15) is 14.3 Å². The van der Waals surface area contributed by atoms with Gasteiger partial charge in [0.25, 0.3) is 5.56 Å². The van der Waals surface area contributed by atoms with Gasteiger partial charge in [0.2, 0.25) is 0 Å². The van der Waals surface area contributed by atoms with Gasteiger partial charge in [-0.2, -0.15) is 0 Å². The lowest BCUT2D eigenvalue weighted by molar-refractivity contribution is 0.479. The van der Waals surface area contributed by atoms with Crippen LogP contribution in [0, 0.1) is 12.7 Å². The van der Waals surface area contributed by atoms with Crippen LogP contribution >= 0.6 is 11.6 Å². The van der Waals surface area contributed by atoms with E-state index >= 15 is 0 Å². The molecular formula is C16H14ClFN4O2. The van der Waals surface area contributed by atoms with Crippen LogP contribution in [0.15, 0.2) is 23.3 Å². The maximum absolute atomic E-state index is 13.7. The van der Waals surface area contributed by atoms with Gasteiger partial charge < -0.3 is 5.11 Å². The lowest BCUT2D eigenvalue weighted by Crippen LogP contribution is -2.22. The molecule has 0 fully saturated rings. The van der Waals surface area contributed by atoms with E-state index < -0.39 is 11.4 Å². The molecule has 0 bridgehead atoms. The van der Waals surface area contributed by atoms with Crippen LogP contribution in [0.1, 0.15) is 31.2 Å². The average Bonchev–Trinajstić information content (AvgIpc) is 2.50. The van der Waals surface area contributed by atoms with Crippen LogP contribution in [0.4, 0.5) is 4.39 Å². The van der Waals surface area contributed by atoms with E-state index in [0.29, 0.717) is 17.1 Å². The molecule has 0 spiro atoms. The molecule has 0 saturated heterocycles. The Labute approximate surface area is 141 Å². The number of pyridine rings is 2. The Morgan fingerprint density at radius 3 is 2.67 bits per heavy atom. The zero-order chi connectivity index (χ0) is 17.6. The fourth-order valence-corrected chi connectivity index (χ4v) is 2.71. The van der Waals surface area contributed by atoms with Crippen molar-refractivity contribution in [2.75, 3.05) is 0 Å². The largest absolute Gasteiger partial charge is 0.507 e. The van der Waals surface area contributed by atoms with Crippen molar-refractivity contribution >= 4 is 22.6 Å². The monoisotopic (exact) mass is 348 g/mol. The molecule has 0 amide bonds. The molecule has 24 heavy (non-hydrogen) atoms. The number of hydrogen-bond acceptors (Lipinski definition) is 5. The molecule has 0 atom stereocenters. The summed E-state index contributed by atoms with van der Waals surface area (Å²) in [4.78, 5) is 24.9. The first kappa shape index (κ1) is 16.3. The second kappa shape index (κ2) is 5.83. The van der Waals surface area contributed by atoms with Crippen LogP contribution in [0.25, 0.3) is 16.7 Å². The Balaban J connectivity index is 2.53. The topological polar surface area (TPSA) is 80.9 Å². The van der Waals surface area contributed by atoms with Crippen molar-refractivity contribution in [3.05, 3.63) is 51.2 Å². The van der Waals surface area contributed by atoms with Crippen LogP contribution in [0.3, 0.4) is 0 Å². The minimum absolute atomic E-state index is 0.00775. The van der Waals surface area contributed by atoms with Gasteiger partial charge in [-0.3, -0.25) is 9.36 Å². The molecule has 124 valence electrons. The zero-order valence-electron chi connectivity index (χ0n) is 13.2. The minimum Gasteiger partial charge on any atom is -0.507 e. The molecule has 0 saturated carbocycles. The second-order valence-corrected chi connectivity index (χ2v) is 6.04. The summed E-state index contributed by atoms with van der Waals surface area (Å²) >= 11 is 5.78. The highest BCUT2D eigenvalue weighted by atomic mass is 35.5. The number of fused-ring (bicyclic) bond motifs is 1. The molecule has 6 nitrogen and oxygen atoms in total. The van der Waals surface area contributed by atoms with Crippen LogP contribution in [-0.4, -0.2) is 24.6 Å². The third-order valence-corrected chi connectivity index (χ3v) is 3.95. The lowest BCUT2D eigenvalue weighted by atomic mass is 10.1. The van der Waals surface area contributed by atoms with E-state index in [1.807, 2.05) is 13.8 Å². The lowest BCUT2D eigenvalue weighted by Gasteiger charge is -2.17. The summed E-state index contributed by atoms with van der Waals surface area (Å²) in [6.07, 6.45) is 1.42. The standard InChI is InChI=1S/C16H14ClFN4O2/c1-7(2)13-14(8(3)19-6-20-13)22-12(24)5-11(23)9-4-10(18)15(17)21-16(9)22/h4-7,23H,1-3H3. The summed E-state index contributed by atoms with van der Waals surface area (Å²) in [7, 11) is 0. The molecule has 0 unspecified atom stereocenters. The SMILES string of the molecule is Cc1ncnc(C(C)C)c1-n1c(=O)cc(O)c2cc(F)c(Cl)nc21. The average molecular weight is 349 g/mol. The third kappa shape index (κ3) is 2.50. The highest BCUT2D eigenvalue weighted by Gasteiger charge is 2.20. The predicted molar refractivity (Wildman–Crippen MR) is 88.4 cm³/mol. The number of rotatable bonds is 2. The molecule has 0 aliphatic rings. The summed E-state index contributed by atoms with van der Waals surface area (Å²) in [5.74, 6) is -1.14. The molecule has 0 aliphatic carbocycles. The van der Waals surface area contributed by atoms with Crippen LogP contribution in [0.5, 0.6) is 5.75 Å². The fourth-order valence-electron chi connectivity index (χ4n) is 2.58. The molecule has 8 heteroatoms. The van der Waals surface area contributed by atoms with E-state index in [1.165, 1.54) is 10.9 Å². The van der Waals surface area contributed by atoms with E-state index in [-0.39, 0.29) is 27.9 Å². The van der Waals surface area contributed by atoms with Gasteiger partial charge in [0.15, 0.2) is 16.6 Å². The molecule has 0 aliphatic heterocycles. The second-order valence-electron chi connectivity index (χ2n) is 5.68. The summed E-state index contributed by atoms with van der Waals surface area (Å²) < 4.78 is 15.0. The van der Waals surface area contributed by atoms with Gasteiger partial charge in [-0.05, 0) is 18.9 Å². The minimum atomic E-state index is -0.783. The molecule has 3 heterocycles. The Morgan fingerprint density at radius 1 is 1.29 bits per heavy atom. The summed E-state index contributed by atoms with van der Waals surface area (Å²) in [6.45, 7) is 5.59. The Morgan fingerprint density at radius 2 is 2.00 bits per heavy atom. The van der Waals surface area contributed by atoms with Crippen molar-refractivity contribution in [2.45, 2.75) is 26.7 Å². The maximum Gasteiger partial charge on any atom is 0.260 e. The predicted octanol–water partition coefficient (Wildman–Crippen LogP) is 3.11. The quantitative estimate of drug-likeness (QED) is 0.720. The molecular weight excluding hydrogens is 335 g/mol. The van der Waals surface area contributed by atoms with Crippen molar-refractivity contribution in [3.8, 4) is 11.4 Å². The molecule has 3 rings (SSSR count). The van der Waals surface area contributed by atoms with E-state index in [4.69, 9.17) is 11.6 Å². The van der Waals surface area contributed by atoms with Gasteiger partial charge >= 0.3 is 0 Å². The Bertz CT molecular complexity index is 1020. The van der Waals surface area contributed by atoms with Crippen molar-refractivity contribution in [3.63, 3.8) is 0 Å². The molecule has 0 aromatic carbocycles. The summed E-state index contributed by atoms with van der Waals surface area (Å²) in [5, 5.41) is 9.68. The highest BCUT2D eigenvalue weighted by molar-refractivity contribution is 6.30. The zero-order valence-corrected chi connectivity index (χ0v) is 14.0. The third-order valence-electron chi connectivity index (χ3n) is 3.69. The summed E-state index contributed by atoms with van der Waals surface area (Å²) in [6, 6.07) is 2.05. The van der Waals surface area contributed by atoms with E-state index in [2.05, 4.69) is 15.0 Å². The van der Waals surface area contributed by atoms with E-state index in [0.717, 1.165) is 12.1 Å². The molecule has 0 radical (unpaired) electrons. The molecule has 3 aromatic rings. The maximum atomic E-state index is 13.7. The van der Waals surface area contributed by atoms with Crippen LogP contribution in [0.2, 0.25) is 5.15 Å². The first-order valence-electron chi connectivity index (χ1n) is 7.24. The normalized spacial score (nSPS) is 11.4. The number of hydrogen-bond donors (Lipinski definition) is 1.